The van der Waals surface area contributed by atoms with Crippen molar-refractivity contribution in [1.29, 1.82) is 5.26 Å². The molecule has 3 heterocycles. The Labute approximate surface area is 229 Å². The Morgan fingerprint density at radius 3 is 2.69 bits per heavy atom. The number of aliphatic imine (C=N–C) groups is 1. The maximum Gasteiger partial charge on any atom is 0.267 e. The molecule has 0 unspecified atom stereocenters. The van der Waals surface area contributed by atoms with Crippen molar-refractivity contribution in [3.63, 3.8) is 0 Å². The second-order valence-electron chi connectivity index (χ2n) is 8.43. The molecule has 0 aliphatic carbocycles. The summed E-state index contributed by atoms with van der Waals surface area (Å²) in [6.45, 7) is 0.914. The highest BCUT2D eigenvalue weighted by Gasteiger charge is 2.14. The minimum atomic E-state index is -0.218. The van der Waals surface area contributed by atoms with Gasteiger partial charge in [0.2, 0.25) is 5.96 Å². The summed E-state index contributed by atoms with van der Waals surface area (Å²) in [4.78, 5) is 26.7. The third-order valence-corrected chi connectivity index (χ3v) is 6.69. The minimum absolute atomic E-state index is 0.218. The number of thiophene rings is 1. The predicted molar refractivity (Wildman–Crippen MR) is 156 cm³/mol. The lowest BCUT2D eigenvalue weighted by Gasteiger charge is -2.12. The number of pyridine rings is 2. The van der Waals surface area contributed by atoms with Gasteiger partial charge in [-0.3, -0.25) is 20.1 Å². The van der Waals surface area contributed by atoms with Gasteiger partial charge in [-0.25, -0.2) is 4.99 Å². The lowest BCUT2D eigenvalue weighted by Crippen LogP contribution is -2.27. The van der Waals surface area contributed by atoms with Crippen molar-refractivity contribution in [3.8, 4) is 6.19 Å². The quantitative estimate of drug-likeness (QED) is 0.0887. The smallest absolute Gasteiger partial charge is 0.267 e. The van der Waals surface area contributed by atoms with E-state index in [1.807, 2.05) is 72.2 Å². The van der Waals surface area contributed by atoms with Crippen LogP contribution in [0.4, 0.5) is 17.1 Å². The molecule has 0 spiro atoms. The molecule has 0 atom stereocenters. The second kappa shape index (κ2) is 12.3. The molecule has 192 valence electrons. The van der Waals surface area contributed by atoms with Crippen molar-refractivity contribution in [1.82, 2.24) is 15.3 Å². The number of carbonyl (C=O) groups excluding carboxylic acids is 1. The van der Waals surface area contributed by atoms with E-state index in [2.05, 4.69) is 36.2 Å². The molecule has 0 aliphatic heterocycles. The number of carbonyl (C=O) groups is 1. The maximum atomic E-state index is 13.2. The van der Waals surface area contributed by atoms with Crippen LogP contribution >= 0.6 is 11.3 Å². The van der Waals surface area contributed by atoms with E-state index in [4.69, 9.17) is 5.26 Å². The molecule has 1 amide bonds. The number of guanidine groups is 1. The van der Waals surface area contributed by atoms with E-state index in [1.165, 1.54) is 11.3 Å². The fraction of sp³-hybridized carbons (Fsp3) is 0.0690. The molecule has 0 saturated heterocycles. The summed E-state index contributed by atoms with van der Waals surface area (Å²) in [6.07, 6.45) is 7.10. The van der Waals surface area contributed by atoms with Gasteiger partial charge in [0.1, 0.15) is 4.88 Å². The van der Waals surface area contributed by atoms with Crippen LogP contribution in [0.15, 0.2) is 102 Å². The molecule has 4 N–H and O–H groups in total. The van der Waals surface area contributed by atoms with Crippen LogP contribution < -0.4 is 21.3 Å². The van der Waals surface area contributed by atoms with Gasteiger partial charge in [-0.1, -0.05) is 30.3 Å². The zero-order valence-corrected chi connectivity index (χ0v) is 21.6. The van der Waals surface area contributed by atoms with E-state index in [0.717, 1.165) is 27.7 Å². The lowest BCUT2D eigenvalue weighted by molar-refractivity contribution is 0.103. The number of hydrogen-bond acceptors (Lipinski definition) is 7. The molecular weight excluding hydrogens is 508 g/mol. The van der Waals surface area contributed by atoms with Crippen LogP contribution in [0.2, 0.25) is 0 Å². The first-order chi connectivity index (χ1) is 19.2. The van der Waals surface area contributed by atoms with Crippen LogP contribution in [0.5, 0.6) is 0 Å². The maximum absolute atomic E-state index is 13.2. The molecule has 0 saturated carbocycles. The number of nitrogens with zero attached hydrogens (tertiary/aromatic N) is 4. The fourth-order valence-electron chi connectivity index (χ4n) is 3.95. The number of para-hydroxylation sites is 1. The minimum Gasteiger partial charge on any atom is -0.380 e. The molecule has 0 radical (unpaired) electrons. The molecule has 5 aromatic rings. The predicted octanol–water partition coefficient (Wildman–Crippen LogP) is 5.59. The zero-order valence-electron chi connectivity index (χ0n) is 20.8. The van der Waals surface area contributed by atoms with Crippen molar-refractivity contribution in [2.75, 3.05) is 16.0 Å². The topological polar surface area (TPSA) is 127 Å². The molecule has 3 aromatic heterocycles. The van der Waals surface area contributed by atoms with Crippen molar-refractivity contribution >= 4 is 51.2 Å². The highest BCUT2D eigenvalue weighted by atomic mass is 32.1. The van der Waals surface area contributed by atoms with Crippen LogP contribution in [0.3, 0.4) is 0 Å². The van der Waals surface area contributed by atoms with Crippen molar-refractivity contribution in [2.24, 2.45) is 4.99 Å². The summed E-state index contributed by atoms with van der Waals surface area (Å²) >= 11 is 1.37. The Morgan fingerprint density at radius 1 is 0.974 bits per heavy atom. The van der Waals surface area contributed by atoms with Gasteiger partial charge < -0.3 is 16.0 Å². The van der Waals surface area contributed by atoms with Crippen LogP contribution in [-0.4, -0.2) is 21.8 Å². The van der Waals surface area contributed by atoms with Gasteiger partial charge >= 0.3 is 0 Å². The van der Waals surface area contributed by atoms with Crippen LogP contribution in [0, 0.1) is 11.5 Å². The number of rotatable bonds is 8. The number of hydrogen-bond donors (Lipinski definition) is 4. The normalized spacial score (nSPS) is 11.0. The number of amides is 1. The third-order valence-electron chi connectivity index (χ3n) is 5.78. The average molecular weight is 533 g/mol. The van der Waals surface area contributed by atoms with Crippen molar-refractivity contribution < 1.29 is 4.79 Å². The highest BCUT2D eigenvalue weighted by Crippen LogP contribution is 2.26. The van der Waals surface area contributed by atoms with E-state index in [-0.39, 0.29) is 5.91 Å². The molecule has 10 heteroatoms. The zero-order chi connectivity index (χ0) is 26.9. The van der Waals surface area contributed by atoms with E-state index < -0.39 is 0 Å². The number of nitriles is 1. The number of fused-ring (bicyclic) bond motifs is 1. The molecule has 0 fully saturated rings. The van der Waals surface area contributed by atoms with Crippen LogP contribution in [0.1, 0.15) is 20.8 Å². The van der Waals surface area contributed by atoms with Gasteiger partial charge in [0.25, 0.3) is 5.91 Å². The molecule has 39 heavy (non-hydrogen) atoms. The first-order valence-corrected chi connectivity index (χ1v) is 13.0. The second-order valence-corrected chi connectivity index (χ2v) is 9.34. The van der Waals surface area contributed by atoms with Gasteiger partial charge in [0.05, 0.1) is 17.7 Å². The summed E-state index contributed by atoms with van der Waals surface area (Å²) in [6, 6.07) is 22.8. The first-order valence-electron chi connectivity index (χ1n) is 12.1. The summed E-state index contributed by atoms with van der Waals surface area (Å²) in [5.41, 5.74) is 4.97. The Balaban J connectivity index is 1.25. The van der Waals surface area contributed by atoms with Crippen LogP contribution in [-0.2, 0) is 13.1 Å². The summed E-state index contributed by atoms with van der Waals surface area (Å²) in [5, 5.41) is 24.1. The van der Waals surface area contributed by atoms with Gasteiger partial charge in [0.15, 0.2) is 6.19 Å². The molecule has 2 aromatic carbocycles. The largest absolute Gasteiger partial charge is 0.380 e. The van der Waals surface area contributed by atoms with E-state index >= 15 is 0 Å². The van der Waals surface area contributed by atoms with Crippen molar-refractivity contribution in [3.05, 3.63) is 113 Å². The van der Waals surface area contributed by atoms with E-state index in [9.17, 15) is 4.79 Å². The third kappa shape index (κ3) is 6.54. The van der Waals surface area contributed by atoms with Crippen molar-refractivity contribution in [2.45, 2.75) is 13.1 Å². The van der Waals surface area contributed by atoms with Gasteiger partial charge in [0, 0.05) is 41.9 Å². The Bertz CT molecular complexity index is 1650. The van der Waals surface area contributed by atoms with Gasteiger partial charge in [-0.15, -0.1) is 11.3 Å². The van der Waals surface area contributed by atoms with E-state index in [1.54, 1.807) is 30.7 Å². The Kier molecular flexibility index (Phi) is 8.01. The molecule has 0 aliphatic rings. The number of aromatic nitrogens is 2. The SMILES string of the molecule is N#CNC(=NCc1cccnc1)Nc1cccc(NC(=O)c2sccc2NCc2ccnc3ccccc23)c1. The standard InChI is InChI=1S/C29H24N8OS/c30-19-35-29(34-17-20-5-4-12-31-16-20)37-23-7-3-6-22(15-23)36-28(38)27-26(11-14-39-27)33-18-21-10-13-32-25-9-2-1-8-24(21)25/h1-16,33H,17-18H2,(H,36,38)(H2,34,35,37). The number of nitrogens with one attached hydrogen (secondary N) is 4. The lowest BCUT2D eigenvalue weighted by atomic mass is 10.1. The summed E-state index contributed by atoms with van der Waals surface area (Å²) < 4.78 is 0. The molecule has 9 nitrogen and oxygen atoms in total. The molecular formula is C29H24N8OS. The van der Waals surface area contributed by atoms with Gasteiger partial charge in [-0.2, -0.15) is 5.26 Å². The molecule has 0 bridgehead atoms. The summed E-state index contributed by atoms with van der Waals surface area (Å²) in [5.74, 6) is 0.0723. The van der Waals surface area contributed by atoms with E-state index in [0.29, 0.717) is 35.3 Å². The summed E-state index contributed by atoms with van der Waals surface area (Å²) in [7, 11) is 0. The Morgan fingerprint density at radius 2 is 1.85 bits per heavy atom. The Hall–Kier alpha value is -5.27. The van der Waals surface area contributed by atoms with Gasteiger partial charge in [-0.05, 0) is 59.0 Å². The molecule has 5 rings (SSSR count). The highest BCUT2D eigenvalue weighted by molar-refractivity contribution is 7.12. The average Bonchev–Trinajstić information content (AvgIpc) is 3.45. The fourth-order valence-corrected chi connectivity index (χ4v) is 4.71. The first kappa shape index (κ1) is 25.4. The number of benzene rings is 2. The monoisotopic (exact) mass is 532 g/mol. The number of anilines is 3. The van der Waals surface area contributed by atoms with Crippen LogP contribution in [0.25, 0.3) is 10.9 Å².